The highest BCUT2D eigenvalue weighted by atomic mass is 16.5. The minimum atomic E-state index is 0.274. The monoisotopic (exact) mass is 140 g/mol. The Morgan fingerprint density at radius 1 is 1.30 bits per heavy atom. The van der Waals surface area contributed by atoms with Crippen molar-refractivity contribution in [1.29, 1.82) is 0 Å². The van der Waals surface area contributed by atoms with Gasteiger partial charge in [0.25, 0.3) is 6.47 Å². The van der Waals surface area contributed by atoms with Gasteiger partial charge in [-0.15, -0.1) is 0 Å². The maximum absolute atomic E-state index is 10.0. The van der Waals surface area contributed by atoms with Crippen LogP contribution in [0.2, 0.25) is 0 Å². The minimum absolute atomic E-state index is 0.274. The van der Waals surface area contributed by atoms with Crippen molar-refractivity contribution in [2.24, 2.45) is 11.8 Å². The highest BCUT2D eigenvalue weighted by Gasteiger charge is 2.40. The van der Waals surface area contributed by atoms with E-state index in [-0.39, 0.29) is 6.10 Å². The molecular weight excluding hydrogens is 128 g/mol. The van der Waals surface area contributed by atoms with Crippen LogP contribution in [0.3, 0.4) is 0 Å². The van der Waals surface area contributed by atoms with Gasteiger partial charge in [0.05, 0.1) is 0 Å². The van der Waals surface area contributed by atoms with Gasteiger partial charge in [-0.2, -0.15) is 0 Å². The van der Waals surface area contributed by atoms with Crippen LogP contribution in [-0.4, -0.2) is 12.6 Å². The minimum Gasteiger partial charge on any atom is -0.464 e. The molecule has 0 aromatic carbocycles. The van der Waals surface area contributed by atoms with Gasteiger partial charge >= 0.3 is 0 Å². The van der Waals surface area contributed by atoms with Gasteiger partial charge in [0.2, 0.25) is 0 Å². The number of carbonyl (C=O) groups excluding carboxylic acids is 1. The second-order valence-corrected chi connectivity index (χ2v) is 3.45. The largest absolute Gasteiger partial charge is 0.464 e. The first kappa shape index (κ1) is 6.20. The topological polar surface area (TPSA) is 26.3 Å². The smallest absolute Gasteiger partial charge is 0.293 e. The van der Waals surface area contributed by atoms with Gasteiger partial charge in [-0.1, -0.05) is 0 Å². The van der Waals surface area contributed by atoms with E-state index in [0.717, 1.165) is 12.3 Å². The van der Waals surface area contributed by atoms with Crippen LogP contribution < -0.4 is 0 Å². The van der Waals surface area contributed by atoms with Crippen molar-refractivity contribution < 1.29 is 9.53 Å². The molecule has 0 aromatic rings. The zero-order valence-electron chi connectivity index (χ0n) is 5.95. The summed E-state index contributed by atoms with van der Waals surface area (Å²) >= 11 is 0. The zero-order chi connectivity index (χ0) is 6.97. The summed E-state index contributed by atoms with van der Waals surface area (Å²) in [5.74, 6) is 1.57. The van der Waals surface area contributed by atoms with Crippen LogP contribution in [0, 0.1) is 11.8 Å². The van der Waals surface area contributed by atoms with Gasteiger partial charge in [-0.25, -0.2) is 0 Å². The summed E-state index contributed by atoms with van der Waals surface area (Å²) < 4.78 is 4.96. The van der Waals surface area contributed by atoms with Crippen molar-refractivity contribution in [3.8, 4) is 0 Å². The molecule has 2 rings (SSSR count). The standard InChI is InChI=1S/C8H12O2/c9-5-10-8-4-6-1-2-7(8)3-6/h5-8H,1-4H2/t6-,7+,8-/m0/s1. The Morgan fingerprint density at radius 2 is 2.20 bits per heavy atom. The van der Waals surface area contributed by atoms with Crippen LogP contribution in [0.25, 0.3) is 0 Å². The van der Waals surface area contributed by atoms with Crippen LogP contribution in [0.4, 0.5) is 0 Å². The molecule has 3 atom stereocenters. The Kier molecular flexibility index (Phi) is 1.40. The molecule has 2 saturated carbocycles. The van der Waals surface area contributed by atoms with Crippen molar-refractivity contribution in [3.05, 3.63) is 0 Å². The quantitative estimate of drug-likeness (QED) is 0.541. The lowest BCUT2D eigenvalue weighted by molar-refractivity contribution is -0.135. The second-order valence-electron chi connectivity index (χ2n) is 3.45. The first-order valence-corrected chi connectivity index (χ1v) is 3.99. The Morgan fingerprint density at radius 3 is 2.70 bits per heavy atom. The highest BCUT2D eigenvalue weighted by molar-refractivity contribution is 5.37. The number of ether oxygens (including phenoxy) is 1. The predicted octanol–water partition coefficient (Wildman–Crippen LogP) is 1.35. The number of hydrogen-bond acceptors (Lipinski definition) is 2. The molecular formula is C8H12O2. The van der Waals surface area contributed by atoms with E-state index in [2.05, 4.69) is 0 Å². The Labute approximate surface area is 60.6 Å². The lowest BCUT2D eigenvalue weighted by atomic mass is 9.98. The molecule has 2 bridgehead atoms. The molecule has 0 unspecified atom stereocenters. The molecule has 0 aromatic heterocycles. The van der Waals surface area contributed by atoms with Gasteiger partial charge in [0.1, 0.15) is 6.10 Å². The van der Waals surface area contributed by atoms with E-state index in [1.165, 1.54) is 19.3 Å². The maximum Gasteiger partial charge on any atom is 0.293 e. The molecule has 0 saturated heterocycles. The zero-order valence-corrected chi connectivity index (χ0v) is 5.95. The first-order valence-electron chi connectivity index (χ1n) is 3.99. The van der Waals surface area contributed by atoms with E-state index in [4.69, 9.17) is 4.74 Å². The summed E-state index contributed by atoms with van der Waals surface area (Å²) in [5, 5.41) is 0. The molecule has 56 valence electrons. The molecule has 0 radical (unpaired) electrons. The lowest BCUT2D eigenvalue weighted by Gasteiger charge is -2.18. The van der Waals surface area contributed by atoms with Crippen molar-refractivity contribution in [2.75, 3.05) is 0 Å². The molecule has 2 nitrogen and oxygen atoms in total. The van der Waals surface area contributed by atoms with Crippen LogP contribution in [-0.2, 0) is 9.53 Å². The fraction of sp³-hybridized carbons (Fsp3) is 0.875. The van der Waals surface area contributed by atoms with Crippen molar-refractivity contribution in [1.82, 2.24) is 0 Å². The summed E-state index contributed by atoms with van der Waals surface area (Å²) in [7, 11) is 0. The average molecular weight is 140 g/mol. The van der Waals surface area contributed by atoms with Gasteiger partial charge in [-0.3, -0.25) is 4.79 Å². The normalized spacial score (nSPS) is 43.8. The van der Waals surface area contributed by atoms with E-state index >= 15 is 0 Å². The van der Waals surface area contributed by atoms with E-state index in [0.29, 0.717) is 12.4 Å². The summed E-state index contributed by atoms with van der Waals surface area (Å²) in [6.45, 7) is 0.603. The fourth-order valence-electron chi connectivity index (χ4n) is 2.42. The Bertz CT molecular complexity index is 144. The molecule has 0 amide bonds. The third-order valence-electron chi connectivity index (χ3n) is 2.90. The van der Waals surface area contributed by atoms with Gasteiger partial charge in [0, 0.05) is 0 Å². The van der Waals surface area contributed by atoms with Gasteiger partial charge in [-0.05, 0) is 37.5 Å². The molecule has 2 heteroatoms. The SMILES string of the molecule is O=CO[C@H]1C[C@H]2CC[C@@H]1C2. The summed E-state index contributed by atoms with van der Waals surface area (Å²) in [4.78, 5) is 10.0. The molecule has 0 N–H and O–H groups in total. The Hall–Kier alpha value is -0.530. The predicted molar refractivity (Wildman–Crippen MR) is 36.4 cm³/mol. The molecule has 2 aliphatic carbocycles. The number of carbonyl (C=O) groups is 1. The maximum atomic E-state index is 10.0. The number of rotatable bonds is 2. The van der Waals surface area contributed by atoms with E-state index < -0.39 is 0 Å². The summed E-state index contributed by atoms with van der Waals surface area (Å²) in [5.41, 5.74) is 0. The molecule has 0 aliphatic heterocycles. The lowest BCUT2D eigenvalue weighted by Crippen LogP contribution is -2.19. The van der Waals surface area contributed by atoms with Crippen molar-refractivity contribution >= 4 is 6.47 Å². The molecule has 10 heavy (non-hydrogen) atoms. The van der Waals surface area contributed by atoms with Crippen LogP contribution in [0.15, 0.2) is 0 Å². The fourth-order valence-corrected chi connectivity index (χ4v) is 2.42. The number of fused-ring (bicyclic) bond motifs is 2. The van der Waals surface area contributed by atoms with E-state index in [1.807, 2.05) is 0 Å². The third kappa shape index (κ3) is 0.825. The van der Waals surface area contributed by atoms with Crippen LogP contribution in [0.5, 0.6) is 0 Å². The first-order chi connectivity index (χ1) is 4.90. The van der Waals surface area contributed by atoms with Gasteiger partial charge < -0.3 is 4.74 Å². The Balaban J connectivity index is 1.95. The third-order valence-corrected chi connectivity index (χ3v) is 2.90. The second kappa shape index (κ2) is 2.26. The molecule has 0 heterocycles. The van der Waals surface area contributed by atoms with Crippen LogP contribution >= 0.6 is 0 Å². The molecule has 0 spiro atoms. The van der Waals surface area contributed by atoms with Gasteiger partial charge in [0.15, 0.2) is 0 Å². The number of hydrogen-bond donors (Lipinski definition) is 0. The van der Waals surface area contributed by atoms with E-state index in [1.54, 1.807) is 0 Å². The van der Waals surface area contributed by atoms with E-state index in [9.17, 15) is 4.79 Å². The molecule has 2 aliphatic rings. The van der Waals surface area contributed by atoms with Crippen molar-refractivity contribution in [3.63, 3.8) is 0 Å². The van der Waals surface area contributed by atoms with Crippen molar-refractivity contribution in [2.45, 2.75) is 31.8 Å². The average Bonchev–Trinajstić information content (AvgIpc) is 2.48. The summed E-state index contributed by atoms with van der Waals surface area (Å²) in [6, 6.07) is 0. The molecule has 2 fully saturated rings. The highest BCUT2D eigenvalue weighted by Crippen LogP contribution is 2.45. The van der Waals surface area contributed by atoms with Crippen LogP contribution in [0.1, 0.15) is 25.7 Å². The summed E-state index contributed by atoms with van der Waals surface area (Å²) in [6.07, 6.45) is 5.35.